The molecule has 4 N–H and O–H groups in total. The Morgan fingerprint density at radius 1 is 1.10 bits per heavy atom. The van der Waals surface area contributed by atoms with Crippen molar-refractivity contribution in [2.24, 2.45) is 0 Å². The van der Waals surface area contributed by atoms with Crippen molar-refractivity contribution in [1.82, 2.24) is 0 Å². The lowest BCUT2D eigenvalue weighted by Gasteiger charge is -2.38. The fraction of sp³-hybridized carbons (Fsp3) is 0.417. The van der Waals surface area contributed by atoms with Gasteiger partial charge < -0.3 is 29.9 Å². The van der Waals surface area contributed by atoms with Gasteiger partial charge in [-0.25, -0.2) is 4.79 Å². The molecule has 1 saturated heterocycles. The van der Waals surface area contributed by atoms with Gasteiger partial charge >= 0.3 is 5.97 Å². The second kappa shape index (κ2) is 6.35. The van der Waals surface area contributed by atoms with Crippen LogP contribution < -0.4 is 4.74 Å². The number of carboxylic acid groups (broad SMARTS) is 1. The molecule has 0 aliphatic carbocycles. The predicted octanol–water partition coefficient (Wildman–Crippen LogP) is 0.264. The van der Waals surface area contributed by atoms with E-state index >= 15 is 0 Å². The lowest BCUT2D eigenvalue weighted by Crippen LogP contribution is -2.61. The van der Waals surface area contributed by atoms with Gasteiger partial charge in [-0.05, 0) is 12.1 Å². The van der Waals surface area contributed by atoms with Crippen LogP contribution in [0.2, 0.25) is 10.0 Å². The molecule has 5 atom stereocenters. The lowest BCUT2D eigenvalue weighted by molar-refractivity contribution is -0.271. The third kappa shape index (κ3) is 3.23. The summed E-state index contributed by atoms with van der Waals surface area (Å²) in [6, 6.07) is 4.50. The Hall–Kier alpha value is -1.09. The molecular weight excluding hydrogens is 327 g/mol. The van der Waals surface area contributed by atoms with Gasteiger partial charge in [0.1, 0.15) is 18.3 Å². The summed E-state index contributed by atoms with van der Waals surface area (Å²) in [7, 11) is 0. The van der Waals surface area contributed by atoms with Crippen LogP contribution in [-0.2, 0) is 9.53 Å². The second-order valence-electron chi connectivity index (χ2n) is 4.40. The number of aliphatic hydroxyl groups is 3. The minimum Gasteiger partial charge on any atom is -0.479 e. The largest absolute Gasteiger partial charge is 0.479 e. The highest BCUT2D eigenvalue weighted by Crippen LogP contribution is 2.35. The molecule has 0 radical (unpaired) electrons. The minimum atomic E-state index is -1.79. The van der Waals surface area contributed by atoms with Crippen molar-refractivity contribution in [2.75, 3.05) is 0 Å². The van der Waals surface area contributed by atoms with E-state index in [0.717, 1.165) is 0 Å². The zero-order valence-electron chi connectivity index (χ0n) is 10.4. The molecule has 1 aromatic rings. The van der Waals surface area contributed by atoms with Crippen molar-refractivity contribution < 1.29 is 34.7 Å². The van der Waals surface area contributed by atoms with E-state index in [0.29, 0.717) is 0 Å². The molecule has 1 fully saturated rings. The number of aliphatic carboxylic acids is 1. The summed E-state index contributed by atoms with van der Waals surface area (Å²) in [6.45, 7) is 0. The molecular formula is C12H12Cl2O7. The van der Waals surface area contributed by atoms with E-state index in [1.807, 2.05) is 0 Å². The molecule has 0 spiro atoms. The number of hydrogen-bond donors (Lipinski definition) is 4. The van der Waals surface area contributed by atoms with E-state index < -0.39 is 36.7 Å². The van der Waals surface area contributed by atoms with Gasteiger partial charge in [-0.3, -0.25) is 0 Å². The van der Waals surface area contributed by atoms with E-state index in [-0.39, 0.29) is 15.8 Å². The van der Waals surface area contributed by atoms with Gasteiger partial charge in [0.15, 0.2) is 11.9 Å². The zero-order valence-corrected chi connectivity index (χ0v) is 11.9. The van der Waals surface area contributed by atoms with E-state index in [1.165, 1.54) is 12.1 Å². The van der Waals surface area contributed by atoms with Crippen molar-refractivity contribution in [3.8, 4) is 5.75 Å². The Bertz CT molecular complexity index is 518. The van der Waals surface area contributed by atoms with Crippen molar-refractivity contribution in [3.63, 3.8) is 0 Å². The topological polar surface area (TPSA) is 116 Å². The highest BCUT2D eigenvalue weighted by molar-refractivity contribution is 6.37. The van der Waals surface area contributed by atoms with E-state index in [2.05, 4.69) is 0 Å². The number of hydrogen-bond acceptors (Lipinski definition) is 6. The number of aliphatic hydroxyl groups excluding tert-OH is 3. The third-order valence-corrected chi connectivity index (χ3v) is 3.56. The van der Waals surface area contributed by atoms with Gasteiger partial charge in [-0.15, -0.1) is 0 Å². The molecule has 116 valence electrons. The Kier molecular flexibility index (Phi) is 4.92. The van der Waals surface area contributed by atoms with Crippen LogP contribution in [0, 0.1) is 0 Å². The van der Waals surface area contributed by atoms with Gasteiger partial charge in [-0.1, -0.05) is 29.3 Å². The maximum absolute atomic E-state index is 11.0. The minimum absolute atomic E-state index is 0.0300. The highest BCUT2D eigenvalue weighted by Gasteiger charge is 2.48. The number of rotatable bonds is 3. The van der Waals surface area contributed by atoms with Gasteiger partial charge in [0.25, 0.3) is 0 Å². The van der Waals surface area contributed by atoms with Crippen molar-refractivity contribution in [2.45, 2.75) is 30.7 Å². The third-order valence-electron chi connectivity index (χ3n) is 2.97. The fourth-order valence-corrected chi connectivity index (χ4v) is 2.35. The molecule has 0 saturated carbocycles. The van der Waals surface area contributed by atoms with Crippen molar-refractivity contribution in [1.29, 1.82) is 0 Å². The maximum atomic E-state index is 11.0. The standard InChI is InChI=1S/C12H12Cl2O7/c13-4-2-1-3-5(14)9(4)20-12-8(17)6(15)7(16)10(21-12)11(18)19/h1-3,6-8,10,12,15-17H,(H,18,19)/t6-,7-,8+,10-,12+/m0/s1. The summed E-state index contributed by atoms with van der Waals surface area (Å²) in [4.78, 5) is 11.0. The highest BCUT2D eigenvalue weighted by atomic mass is 35.5. The summed E-state index contributed by atoms with van der Waals surface area (Å²) in [5.74, 6) is -1.54. The molecule has 2 rings (SSSR count). The average molecular weight is 339 g/mol. The monoisotopic (exact) mass is 338 g/mol. The van der Waals surface area contributed by atoms with Gasteiger partial charge in [-0.2, -0.15) is 0 Å². The van der Waals surface area contributed by atoms with E-state index in [1.54, 1.807) is 6.07 Å². The molecule has 0 aromatic heterocycles. The van der Waals surface area contributed by atoms with Crippen molar-refractivity contribution >= 4 is 29.2 Å². The van der Waals surface area contributed by atoms with Crippen LogP contribution in [0.1, 0.15) is 0 Å². The molecule has 21 heavy (non-hydrogen) atoms. The molecule has 1 aromatic carbocycles. The van der Waals surface area contributed by atoms with E-state index in [9.17, 15) is 20.1 Å². The van der Waals surface area contributed by atoms with Gasteiger partial charge in [0.2, 0.25) is 6.29 Å². The normalized spacial score (nSPS) is 32.7. The van der Waals surface area contributed by atoms with Crippen LogP contribution in [0.15, 0.2) is 18.2 Å². The quantitative estimate of drug-likeness (QED) is 0.624. The Balaban J connectivity index is 2.24. The predicted molar refractivity (Wildman–Crippen MR) is 71.4 cm³/mol. The van der Waals surface area contributed by atoms with Crippen molar-refractivity contribution in [3.05, 3.63) is 28.2 Å². The first kappa shape index (κ1) is 16.3. The number of para-hydroxylation sites is 1. The molecule has 0 amide bonds. The molecule has 7 nitrogen and oxygen atoms in total. The molecule has 0 unspecified atom stereocenters. The lowest BCUT2D eigenvalue weighted by atomic mass is 9.99. The SMILES string of the molecule is O=C(O)[C@H]1O[C@@H](Oc2c(Cl)cccc2Cl)[C@H](O)[C@@H](O)[C@@H]1O. The first-order valence-electron chi connectivity index (χ1n) is 5.86. The Labute approximate surface area is 129 Å². The van der Waals surface area contributed by atoms with Crippen LogP contribution in [-0.4, -0.2) is 57.1 Å². The van der Waals surface area contributed by atoms with Crippen LogP contribution in [0.25, 0.3) is 0 Å². The summed E-state index contributed by atoms with van der Waals surface area (Å²) < 4.78 is 10.2. The molecule has 0 bridgehead atoms. The molecule has 1 heterocycles. The number of carboxylic acids is 1. The molecule has 9 heteroatoms. The van der Waals surface area contributed by atoms with E-state index in [4.69, 9.17) is 37.8 Å². The molecule has 1 aliphatic rings. The number of carbonyl (C=O) groups is 1. The summed E-state index contributed by atoms with van der Waals surface area (Å²) >= 11 is 11.8. The second-order valence-corrected chi connectivity index (χ2v) is 5.22. The summed E-state index contributed by atoms with van der Waals surface area (Å²) in [5.41, 5.74) is 0. The van der Waals surface area contributed by atoms with Gasteiger partial charge in [0, 0.05) is 0 Å². The fourth-order valence-electron chi connectivity index (χ4n) is 1.86. The molecule has 1 aliphatic heterocycles. The number of benzene rings is 1. The smallest absolute Gasteiger partial charge is 0.335 e. The maximum Gasteiger partial charge on any atom is 0.335 e. The zero-order chi connectivity index (χ0) is 15.7. The average Bonchev–Trinajstić information content (AvgIpc) is 2.42. The van der Waals surface area contributed by atoms with Crippen LogP contribution in [0.4, 0.5) is 0 Å². The number of halogens is 2. The first-order valence-corrected chi connectivity index (χ1v) is 6.61. The Morgan fingerprint density at radius 3 is 2.19 bits per heavy atom. The first-order chi connectivity index (χ1) is 9.82. The van der Waals surface area contributed by atoms with Gasteiger partial charge in [0.05, 0.1) is 10.0 Å². The number of ether oxygens (including phenoxy) is 2. The summed E-state index contributed by atoms with van der Waals surface area (Å²) in [5, 5.41) is 38.2. The van der Waals surface area contributed by atoms with Crippen LogP contribution in [0.3, 0.4) is 0 Å². The van der Waals surface area contributed by atoms with Crippen LogP contribution >= 0.6 is 23.2 Å². The summed E-state index contributed by atoms with van der Waals surface area (Å²) in [6.07, 6.45) is -8.54. The van der Waals surface area contributed by atoms with Crippen LogP contribution in [0.5, 0.6) is 5.75 Å². The Morgan fingerprint density at radius 2 is 1.67 bits per heavy atom.